The number of rotatable bonds is 4. The van der Waals surface area contributed by atoms with E-state index in [1.54, 1.807) is 24.5 Å². The summed E-state index contributed by atoms with van der Waals surface area (Å²) in [6, 6.07) is 10.7. The molecule has 1 N–H and O–H groups in total. The van der Waals surface area contributed by atoms with E-state index < -0.39 is 16.8 Å². The average Bonchev–Trinajstić information content (AvgIpc) is 3.04. The maximum atomic E-state index is 12.7. The van der Waals surface area contributed by atoms with Crippen molar-refractivity contribution >= 4 is 16.8 Å². The highest BCUT2D eigenvalue weighted by molar-refractivity contribution is 7.93. The van der Waals surface area contributed by atoms with Crippen molar-refractivity contribution in [2.45, 2.75) is 12.8 Å². The van der Waals surface area contributed by atoms with E-state index in [1.165, 1.54) is 0 Å². The Bertz CT molecular complexity index is 1120. The molecule has 4 rings (SSSR count). The molecule has 6 heteroatoms. The predicted molar refractivity (Wildman–Crippen MR) is 112 cm³/mol. The van der Waals surface area contributed by atoms with Crippen LogP contribution in [0.3, 0.4) is 0 Å². The maximum Gasteiger partial charge on any atom is 0.335 e. The van der Waals surface area contributed by atoms with Gasteiger partial charge in [-0.1, -0.05) is 36.1 Å². The third-order valence-electron chi connectivity index (χ3n) is 4.64. The summed E-state index contributed by atoms with van der Waals surface area (Å²) in [5.41, 5.74) is 3.51. The quantitative estimate of drug-likeness (QED) is 0.795. The molecule has 0 bridgehead atoms. The van der Waals surface area contributed by atoms with Crippen LogP contribution in [0.15, 0.2) is 82.7 Å². The van der Waals surface area contributed by atoms with E-state index in [9.17, 15) is 9.00 Å². The molecule has 0 saturated carbocycles. The molecule has 2 aliphatic heterocycles. The van der Waals surface area contributed by atoms with Crippen molar-refractivity contribution < 1.29 is 14.1 Å². The number of pyridine rings is 1. The zero-order valence-corrected chi connectivity index (χ0v) is 16.4. The van der Waals surface area contributed by atoms with Crippen LogP contribution in [0.1, 0.15) is 21.5 Å². The minimum Gasteiger partial charge on any atom is -0.478 e. The van der Waals surface area contributed by atoms with Crippen LogP contribution < -0.4 is 0 Å². The van der Waals surface area contributed by atoms with E-state index in [4.69, 9.17) is 5.11 Å². The van der Waals surface area contributed by atoms with Crippen molar-refractivity contribution in [3.63, 3.8) is 0 Å². The first kappa shape index (κ1) is 18.9. The molecule has 2 aromatic rings. The Morgan fingerprint density at radius 1 is 1.17 bits per heavy atom. The minimum absolute atomic E-state index is 0.279. The summed E-state index contributed by atoms with van der Waals surface area (Å²) in [5, 5.41) is 9.75. The van der Waals surface area contributed by atoms with Gasteiger partial charge in [-0.05, 0) is 47.4 Å². The summed E-state index contributed by atoms with van der Waals surface area (Å²) in [6.45, 7) is 0.645. The second kappa shape index (κ2) is 8.29. The Balaban J connectivity index is 1.43. The topological polar surface area (TPSA) is 70.5 Å². The monoisotopic (exact) mass is 402 g/mol. The Morgan fingerprint density at radius 2 is 2.00 bits per heavy atom. The molecule has 3 heterocycles. The SMILES string of the molecule is O=C(O)c1ccc(CC2=CC=C3N(C=C(C#CCc4cccnc4)S3=O)C2)cc1. The lowest BCUT2D eigenvalue weighted by Gasteiger charge is -2.22. The minimum atomic E-state index is -1.26. The number of carbonyl (C=O) groups is 1. The Kier molecular flexibility index (Phi) is 5.41. The van der Waals surface area contributed by atoms with Crippen LogP contribution in [0.2, 0.25) is 0 Å². The number of hydrogen-bond donors (Lipinski definition) is 1. The molecule has 144 valence electrons. The molecule has 0 spiro atoms. The Labute approximate surface area is 171 Å². The van der Waals surface area contributed by atoms with Crippen molar-refractivity contribution in [1.29, 1.82) is 0 Å². The lowest BCUT2D eigenvalue weighted by molar-refractivity contribution is 0.0697. The van der Waals surface area contributed by atoms with E-state index in [1.807, 2.05) is 47.5 Å². The van der Waals surface area contributed by atoms with Crippen molar-refractivity contribution in [3.05, 3.63) is 99.3 Å². The normalized spacial score (nSPS) is 17.4. The molecule has 1 aromatic carbocycles. The predicted octanol–water partition coefficient (Wildman–Crippen LogP) is 3.26. The lowest BCUT2D eigenvalue weighted by atomic mass is 10.0. The maximum absolute atomic E-state index is 12.7. The highest BCUT2D eigenvalue weighted by Gasteiger charge is 2.27. The summed E-state index contributed by atoms with van der Waals surface area (Å²) >= 11 is 0. The van der Waals surface area contributed by atoms with Crippen molar-refractivity contribution in [1.82, 2.24) is 9.88 Å². The lowest BCUT2D eigenvalue weighted by Crippen LogP contribution is -2.21. The molecule has 0 saturated heterocycles. The number of fused-ring (bicyclic) bond motifs is 1. The van der Waals surface area contributed by atoms with Crippen LogP contribution in [0.4, 0.5) is 0 Å². The van der Waals surface area contributed by atoms with Crippen molar-refractivity contribution in [3.8, 4) is 11.8 Å². The van der Waals surface area contributed by atoms with Gasteiger partial charge < -0.3 is 10.0 Å². The van der Waals surface area contributed by atoms with Crippen LogP contribution in [-0.2, 0) is 23.6 Å². The van der Waals surface area contributed by atoms with E-state index in [0.29, 0.717) is 24.3 Å². The summed E-state index contributed by atoms with van der Waals surface area (Å²) in [5.74, 6) is 5.19. The van der Waals surface area contributed by atoms with Gasteiger partial charge in [0.1, 0.15) is 20.7 Å². The van der Waals surface area contributed by atoms with Crippen LogP contribution in [-0.4, -0.2) is 31.7 Å². The molecule has 0 fully saturated rings. The van der Waals surface area contributed by atoms with E-state index in [2.05, 4.69) is 16.8 Å². The van der Waals surface area contributed by atoms with Crippen LogP contribution in [0.5, 0.6) is 0 Å². The van der Waals surface area contributed by atoms with E-state index in [-0.39, 0.29) is 5.56 Å². The number of carboxylic acid groups (broad SMARTS) is 1. The number of allylic oxidation sites excluding steroid dienone is 3. The number of benzene rings is 1. The molecule has 0 radical (unpaired) electrons. The molecule has 1 atom stereocenters. The first-order valence-electron chi connectivity index (χ1n) is 9.10. The second-order valence-electron chi connectivity index (χ2n) is 6.74. The molecular formula is C23H18N2O3S. The van der Waals surface area contributed by atoms with Gasteiger partial charge in [-0.3, -0.25) is 4.98 Å². The third-order valence-corrected chi connectivity index (χ3v) is 6.00. The van der Waals surface area contributed by atoms with Crippen molar-refractivity contribution in [2.24, 2.45) is 0 Å². The van der Waals surface area contributed by atoms with Gasteiger partial charge in [-0.2, -0.15) is 0 Å². The van der Waals surface area contributed by atoms with Crippen LogP contribution in [0, 0.1) is 11.8 Å². The molecule has 5 nitrogen and oxygen atoms in total. The molecule has 0 amide bonds. The molecule has 2 aliphatic rings. The first-order chi connectivity index (χ1) is 14.1. The third kappa shape index (κ3) is 4.36. The fourth-order valence-electron chi connectivity index (χ4n) is 3.17. The summed E-state index contributed by atoms with van der Waals surface area (Å²) in [6.07, 6.45) is 10.5. The fourth-order valence-corrected chi connectivity index (χ4v) is 4.31. The summed E-state index contributed by atoms with van der Waals surface area (Å²) in [7, 11) is -1.26. The molecule has 0 aliphatic carbocycles. The van der Waals surface area contributed by atoms with Crippen LogP contribution in [0.25, 0.3) is 0 Å². The smallest absolute Gasteiger partial charge is 0.335 e. The van der Waals surface area contributed by atoms with E-state index in [0.717, 1.165) is 21.7 Å². The highest BCUT2D eigenvalue weighted by Crippen LogP contribution is 2.30. The number of nitrogens with zero attached hydrogens (tertiary/aromatic N) is 2. The molecule has 29 heavy (non-hydrogen) atoms. The van der Waals surface area contributed by atoms with E-state index >= 15 is 0 Å². The number of hydrogen-bond acceptors (Lipinski definition) is 4. The number of aromatic nitrogens is 1. The first-order valence-corrected chi connectivity index (χ1v) is 10.2. The Hall–Kier alpha value is -3.43. The van der Waals surface area contributed by atoms with Gasteiger partial charge in [-0.15, -0.1) is 0 Å². The Morgan fingerprint density at radius 3 is 2.72 bits per heavy atom. The van der Waals surface area contributed by atoms with Gasteiger partial charge in [0.25, 0.3) is 0 Å². The van der Waals surface area contributed by atoms with Gasteiger partial charge in [0.2, 0.25) is 0 Å². The largest absolute Gasteiger partial charge is 0.478 e. The number of carboxylic acids is 1. The zero-order valence-electron chi connectivity index (χ0n) is 15.5. The standard InChI is InChI=1S/C23H18N2O3S/c26-23(27)20-9-6-17(7-10-20)13-19-8-11-22-25(15-19)16-21(29(22)28)5-1-3-18-4-2-12-24-14-18/h2,4,6-12,14,16H,3,13,15H2,(H,26,27). The summed E-state index contributed by atoms with van der Waals surface area (Å²) < 4.78 is 12.7. The zero-order chi connectivity index (χ0) is 20.2. The van der Waals surface area contributed by atoms with Crippen LogP contribution >= 0.6 is 0 Å². The molecular weight excluding hydrogens is 384 g/mol. The van der Waals surface area contributed by atoms with Gasteiger partial charge in [0.15, 0.2) is 0 Å². The second-order valence-corrected chi connectivity index (χ2v) is 8.13. The van der Waals surface area contributed by atoms with Gasteiger partial charge in [0, 0.05) is 31.6 Å². The van der Waals surface area contributed by atoms with Gasteiger partial charge in [-0.25, -0.2) is 9.00 Å². The summed E-state index contributed by atoms with van der Waals surface area (Å²) in [4.78, 5) is 17.6. The molecule has 1 aromatic heterocycles. The van der Waals surface area contributed by atoms with Crippen molar-refractivity contribution in [2.75, 3.05) is 6.54 Å². The molecule has 1 unspecified atom stereocenters. The highest BCUT2D eigenvalue weighted by atomic mass is 32.2. The van der Waals surface area contributed by atoms with Gasteiger partial charge >= 0.3 is 5.97 Å². The number of aromatic carboxylic acids is 1. The van der Waals surface area contributed by atoms with Gasteiger partial charge in [0.05, 0.1) is 5.56 Å². The fraction of sp³-hybridized carbons (Fsp3) is 0.130. The average molecular weight is 402 g/mol.